The maximum atomic E-state index is 2.42. The minimum Gasteiger partial charge on any atom is -0.0654 e. The molecule has 0 aliphatic rings. The summed E-state index contributed by atoms with van der Waals surface area (Å²) in [6, 6.07) is 69.1. The summed E-state index contributed by atoms with van der Waals surface area (Å²) in [4.78, 5) is 0. The lowest BCUT2D eigenvalue weighted by Crippen LogP contribution is -2.42. The van der Waals surface area contributed by atoms with E-state index in [1.54, 1.807) is 0 Å². The van der Waals surface area contributed by atoms with E-state index in [1.165, 1.54) is 51.1 Å². The fourth-order valence-corrected chi connectivity index (χ4v) is 20.3. The van der Waals surface area contributed by atoms with E-state index in [9.17, 15) is 0 Å². The van der Waals surface area contributed by atoms with Crippen molar-refractivity contribution in [2.45, 2.75) is 37.2 Å². The fraction of sp³-hybridized carbons (Fsp3) is 0.143. The predicted octanol–water partition coefficient (Wildman–Crippen LogP) is 9.62. The SMILES string of the molecule is CCCCCC(P(c1ccccc1)c1ccccc1)(P(c1ccccc1)c1ccccc1)P(c1ccccc1)c1ccccc1. The molecule has 45 heavy (non-hydrogen) atoms. The highest BCUT2D eigenvalue weighted by Crippen LogP contribution is 2.79. The minimum absolute atomic E-state index is 0.0801. The molecule has 0 fully saturated rings. The van der Waals surface area contributed by atoms with Crippen LogP contribution in [0, 0.1) is 0 Å². The lowest BCUT2D eigenvalue weighted by atomic mass is 10.2. The Hall–Kier alpha value is -3.39. The van der Waals surface area contributed by atoms with Gasteiger partial charge in [-0.3, -0.25) is 0 Å². The Balaban J connectivity index is 1.80. The topological polar surface area (TPSA) is 0 Å². The van der Waals surface area contributed by atoms with Crippen LogP contribution in [0.5, 0.6) is 0 Å². The van der Waals surface area contributed by atoms with Crippen molar-refractivity contribution >= 4 is 55.6 Å². The van der Waals surface area contributed by atoms with Gasteiger partial charge in [-0.15, -0.1) is 0 Å². The highest BCUT2D eigenvalue weighted by molar-refractivity contribution is 8.05. The van der Waals surface area contributed by atoms with Gasteiger partial charge < -0.3 is 0 Å². The van der Waals surface area contributed by atoms with Gasteiger partial charge in [-0.2, -0.15) is 0 Å². The molecule has 224 valence electrons. The number of rotatable bonds is 13. The van der Waals surface area contributed by atoms with Crippen LogP contribution in [-0.2, 0) is 0 Å². The maximum Gasteiger partial charge on any atom is 0.0545 e. The zero-order valence-electron chi connectivity index (χ0n) is 26.0. The van der Waals surface area contributed by atoms with Crippen LogP contribution in [0.3, 0.4) is 0 Å². The molecule has 0 N–H and O–H groups in total. The number of benzene rings is 6. The predicted molar refractivity (Wildman–Crippen MR) is 204 cm³/mol. The van der Waals surface area contributed by atoms with E-state index in [2.05, 4.69) is 189 Å². The monoisotopic (exact) mass is 638 g/mol. The molecule has 3 heteroatoms. The molecule has 0 saturated carbocycles. The minimum atomic E-state index is -0.831. The van der Waals surface area contributed by atoms with Crippen LogP contribution >= 0.6 is 23.8 Å². The molecule has 0 aliphatic carbocycles. The van der Waals surface area contributed by atoms with Crippen molar-refractivity contribution in [1.29, 1.82) is 0 Å². The summed E-state index contributed by atoms with van der Waals surface area (Å²) in [5.74, 6) is 0. The van der Waals surface area contributed by atoms with Crippen LogP contribution in [0.2, 0.25) is 0 Å². The van der Waals surface area contributed by atoms with Gasteiger partial charge in [-0.25, -0.2) is 0 Å². The molecule has 0 heterocycles. The Morgan fingerprint density at radius 2 is 0.556 bits per heavy atom. The summed E-state index contributed by atoms with van der Waals surface area (Å²) in [5.41, 5.74) is 0. The Labute approximate surface area is 273 Å². The highest BCUT2D eigenvalue weighted by atomic mass is 31.2. The quantitative estimate of drug-likeness (QED) is 0.0873. The van der Waals surface area contributed by atoms with Crippen LogP contribution < -0.4 is 31.8 Å². The molecule has 6 aromatic carbocycles. The smallest absolute Gasteiger partial charge is 0.0545 e. The van der Waals surface area contributed by atoms with Crippen molar-refractivity contribution in [3.05, 3.63) is 182 Å². The third-order valence-corrected chi connectivity index (χ3v) is 19.6. The van der Waals surface area contributed by atoms with Crippen molar-refractivity contribution in [3.63, 3.8) is 0 Å². The Morgan fingerprint density at radius 3 is 0.756 bits per heavy atom. The van der Waals surface area contributed by atoms with E-state index < -0.39 is 23.8 Å². The molecule has 0 atom stereocenters. The summed E-state index contributed by atoms with van der Waals surface area (Å²) in [5, 5.41) is 8.80. The van der Waals surface area contributed by atoms with Crippen LogP contribution in [0.25, 0.3) is 0 Å². The van der Waals surface area contributed by atoms with Gasteiger partial charge in [0.2, 0.25) is 0 Å². The van der Waals surface area contributed by atoms with Gasteiger partial charge in [0.1, 0.15) is 0 Å². The third-order valence-electron chi connectivity index (χ3n) is 8.28. The first-order valence-corrected chi connectivity index (χ1v) is 20.1. The van der Waals surface area contributed by atoms with Crippen molar-refractivity contribution in [1.82, 2.24) is 0 Å². The molecule has 0 saturated heterocycles. The standard InChI is InChI=1S/C42H41P3/c1-2-3-22-35-42(43(36-23-10-4-11-24-36)37-25-12-5-13-26-37,44(38-27-14-6-15-28-38)39-29-16-7-17-30-39)45(40-31-18-8-19-32-40)41-33-20-9-21-34-41/h4-21,23-34H,2-3,22,35H2,1H3. The van der Waals surface area contributed by atoms with Gasteiger partial charge in [0, 0.05) is 0 Å². The third kappa shape index (κ3) is 7.06. The van der Waals surface area contributed by atoms with Gasteiger partial charge in [-0.1, -0.05) is 208 Å². The van der Waals surface area contributed by atoms with E-state index in [4.69, 9.17) is 0 Å². The molecular formula is C42H41P3. The van der Waals surface area contributed by atoms with Crippen molar-refractivity contribution < 1.29 is 0 Å². The highest BCUT2D eigenvalue weighted by Gasteiger charge is 2.53. The van der Waals surface area contributed by atoms with E-state index in [0.717, 1.165) is 6.42 Å². The zero-order chi connectivity index (χ0) is 30.7. The molecule has 0 radical (unpaired) electrons. The van der Waals surface area contributed by atoms with E-state index >= 15 is 0 Å². The van der Waals surface area contributed by atoms with Crippen LogP contribution in [-0.4, -0.2) is 4.64 Å². The Bertz CT molecular complexity index is 1370. The molecule has 0 nitrogen and oxygen atoms in total. The van der Waals surface area contributed by atoms with Crippen molar-refractivity contribution in [2.24, 2.45) is 0 Å². The Kier molecular flexibility index (Phi) is 11.1. The molecular weight excluding hydrogens is 597 g/mol. The van der Waals surface area contributed by atoms with Gasteiger partial charge in [0.25, 0.3) is 0 Å². The van der Waals surface area contributed by atoms with E-state index in [0.29, 0.717) is 0 Å². The molecule has 6 aromatic rings. The van der Waals surface area contributed by atoms with Crippen molar-refractivity contribution in [3.8, 4) is 0 Å². The maximum absolute atomic E-state index is 2.42. The normalized spacial score (nSPS) is 11.7. The number of hydrogen-bond acceptors (Lipinski definition) is 0. The van der Waals surface area contributed by atoms with Crippen LogP contribution in [0.15, 0.2) is 182 Å². The summed E-state index contributed by atoms with van der Waals surface area (Å²) in [7, 11) is -2.49. The van der Waals surface area contributed by atoms with Gasteiger partial charge in [0.15, 0.2) is 0 Å². The van der Waals surface area contributed by atoms with E-state index in [1.807, 2.05) is 0 Å². The van der Waals surface area contributed by atoms with Gasteiger partial charge in [0.05, 0.1) is 4.64 Å². The second-order valence-electron chi connectivity index (χ2n) is 11.3. The summed E-state index contributed by atoms with van der Waals surface area (Å²) in [6.45, 7) is 2.34. The summed E-state index contributed by atoms with van der Waals surface area (Å²) < 4.78 is -0.0801. The molecule has 6 rings (SSSR count). The second-order valence-corrected chi connectivity index (χ2v) is 19.7. The first-order valence-electron chi connectivity index (χ1n) is 16.0. The fourth-order valence-electron chi connectivity index (χ4n) is 6.40. The molecule has 0 aromatic heterocycles. The molecule has 0 spiro atoms. The molecule has 0 bridgehead atoms. The average molecular weight is 639 g/mol. The number of hydrogen-bond donors (Lipinski definition) is 0. The van der Waals surface area contributed by atoms with Gasteiger partial charge in [-0.05, 0) is 62.0 Å². The summed E-state index contributed by atoms with van der Waals surface area (Å²) >= 11 is 0. The zero-order valence-corrected chi connectivity index (χ0v) is 28.7. The average Bonchev–Trinajstić information content (AvgIpc) is 3.11. The summed E-state index contributed by atoms with van der Waals surface area (Å²) in [6.07, 6.45) is 4.79. The largest absolute Gasteiger partial charge is 0.0654 e. The van der Waals surface area contributed by atoms with Gasteiger partial charge >= 0.3 is 0 Å². The lowest BCUT2D eigenvalue weighted by Gasteiger charge is -2.53. The first-order chi connectivity index (χ1) is 22.3. The lowest BCUT2D eigenvalue weighted by molar-refractivity contribution is 0.680. The van der Waals surface area contributed by atoms with Crippen molar-refractivity contribution in [2.75, 3.05) is 0 Å². The molecule has 0 unspecified atom stereocenters. The molecule has 0 aliphatic heterocycles. The van der Waals surface area contributed by atoms with Crippen LogP contribution in [0.1, 0.15) is 32.6 Å². The Morgan fingerprint density at radius 1 is 0.333 bits per heavy atom. The van der Waals surface area contributed by atoms with Crippen LogP contribution in [0.4, 0.5) is 0 Å². The second kappa shape index (κ2) is 15.7. The number of unbranched alkanes of at least 4 members (excludes halogenated alkanes) is 2. The molecule has 0 amide bonds. The van der Waals surface area contributed by atoms with E-state index in [-0.39, 0.29) is 4.64 Å². The first kappa shape index (κ1) is 31.6.